The van der Waals surface area contributed by atoms with Crippen LogP contribution in [0.25, 0.3) is 0 Å². The van der Waals surface area contributed by atoms with Crippen molar-refractivity contribution in [3.63, 3.8) is 0 Å². The van der Waals surface area contributed by atoms with Gasteiger partial charge in [0.1, 0.15) is 11.4 Å². The van der Waals surface area contributed by atoms with Crippen LogP contribution in [0.4, 0.5) is 5.82 Å². The molecule has 1 atom stereocenters. The number of nitrogens with zero attached hydrogens (tertiary/aromatic N) is 2. The van der Waals surface area contributed by atoms with E-state index in [0.717, 1.165) is 17.9 Å². The van der Waals surface area contributed by atoms with Crippen LogP contribution in [0, 0.1) is 6.92 Å². The van der Waals surface area contributed by atoms with Gasteiger partial charge in [-0.05, 0) is 31.8 Å². The molecule has 2 N–H and O–H groups in total. The number of aromatic carboxylic acids is 1. The molecule has 1 heterocycles. The van der Waals surface area contributed by atoms with Crippen LogP contribution in [0.1, 0.15) is 36.3 Å². The topological polar surface area (TPSA) is 67.2 Å². The summed E-state index contributed by atoms with van der Waals surface area (Å²) < 4.78 is 1.60. The summed E-state index contributed by atoms with van der Waals surface area (Å²) in [5.41, 5.74) is 0.815. The van der Waals surface area contributed by atoms with Crippen molar-refractivity contribution >= 4 is 23.5 Å². The molecule has 1 aromatic rings. The van der Waals surface area contributed by atoms with E-state index in [1.165, 1.54) is 0 Å². The number of aryl methyl sites for hydroxylation is 2. The molecule has 0 fully saturated rings. The Morgan fingerprint density at radius 3 is 2.83 bits per heavy atom. The van der Waals surface area contributed by atoms with Gasteiger partial charge in [0.15, 0.2) is 0 Å². The van der Waals surface area contributed by atoms with E-state index in [-0.39, 0.29) is 11.6 Å². The van der Waals surface area contributed by atoms with Crippen LogP contribution >= 0.6 is 11.8 Å². The molecule has 1 rings (SSSR count). The molecule has 0 amide bonds. The normalized spacial score (nSPS) is 12.4. The van der Waals surface area contributed by atoms with Crippen molar-refractivity contribution in [2.45, 2.75) is 33.2 Å². The number of rotatable bonds is 7. The predicted molar refractivity (Wildman–Crippen MR) is 75.6 cm³/mol. The summed E-state index contributed by atoms with van der Waals surface area (Å²) in [4.78, 5) is 11.2. The van der Waals surface area contributed by atoms with Crippen LogP contribution in [0.15, 0.2) is 0 Å². The fourth-order valence-corrected chi connectivity index (χ4v) is 2.60. The third kappa shape index (κ3) is 3.66. The average molecular weight is 271 g/mol. The van der Waals surface area contributed by atoms with Gasteiger partial charge < -0.3 is 10.4 Å². The lowest BCUT2D eigenvalue weighted by molar-refractivity contribution is 0.0697. The maximum absolute atomic E-state index is 11.2. The molecular weight excluding hydrogens is 250 g/mol. The maximum Gasteiger partial charge on any atom is 0.341 e. The molecule has 1 aromatic heterocycles. The number of aromatic nitrogens is 2. The molecule has 0 aromatic carbocycles. The monoisotopic (exact) mass is 271 g/mol. The molecule has 5 nitrogen and oxygen atoms in total. The van der Waals surface area contributed by atoms with E-state index < -0.39 is 5.97 Å². The molecular formula is C12H21N3O2S. The summed E-state index contributed by atoms with van der Waals surface area (Å²) in [5.74, 6) is 1.84. The van der Waals surface area contributed by atoms with Crippen LogP contribution in [0.5, 0.6) is 0 Å². The van der Waals surface area contributed by atoms with Gasteiger partial charge >= 0.3 is 5.97 Å². The van der Waals surface area contributed by atoms with E-state index in [0.29, 0.717) is 11.5 Å². The van der Waals surface area contributed by atoms with Crippen molar-refractivity contribution in [1.82, 2.24) is 9.78 Å². The second-order valence-corrected chi connectivity index (χ2v) is 5.66. The van der Waals surface area contributed by atoms with Gasteiger partial charge in [-0.15, -0.1) is 0 Å². The van der Waals surface area contributed by atoms with Crippen LogP contribution in [-0.2, 0) is 7.05 Å². The number of carboxylic acid groups (broad SMARTS) is 1. The number of anilines is 1. The standard InChI is InChI=1S/C12H21N3O2S/c1-5-18-7-6-8(2)13-11-10(12(16)17)9(3)14-15(11)4/h8,13H,5-7H2,1-4H3,(H,16,17). The Balaban J connectivity index is 2.74. The van der Waals surface area contributed by atoms with Gasteiger partial charge in [0, 0.05) is 13.1 Å². The summed E-state index contributed by atoms with van der Waals surface area (Å²) in [6.45, 7) is 5.91. The first-order chi connectivity index (χ1) is 8.47. The Bertz CT molecular complexity index is 418. The molecule has 0 aliphatic heterocycles. The lowest BCUT2D eigenvalue weighted by Gasteiger charge is -2.15. The number of carbonyl (C=O) groups is 1. The maximum atomic E-state index is 11.2. The van der Waals surface area contributed by atoms with Crippen molar-refractivity contribution in [1.29, 1.82) is 0 Å². The summed E-state index contributed by atoms with van der Waals surface area (Å²) in [6, 6.07) is 0.233. The highest BCUT2D eigenvalue weighted by Gasteiger charge is 2.20. The zero-order valence-electron chi connectivity index (χ0n) is 11.4. The predicted octanol–water partition coefficient (Wildman–Crippen LogP) is 2.37. The van der Waals surface area contributed by atoms with Gasteiger partial charge in [-0.2, -0.15) is 16.9 Å². The zero-order valence-corrected chi connectivity index (χ0v) is 12.2. The minimum Gasteiger partial charge on any atom is -0.477 e. The molecule has 18 heavy (non-hydrogen) atoms. The van der Waals surface area contributed by atoms with Crippen molar-refractivity contribution in [2.75, 3.05) is 16.8 Å². The second kappa shape index (κ2) is 6.68. The van der Waals surface area contributed by atoms with Crippen LogP contribution in [0.2, 0.25) is 0 Å². The zero-order chi connectivity index (χ0) is 13.7. The first kappa shape index (κ1) is 14.9. The minimum absolute atomic E-state index is 0.233. The first-order valence-corrected chi connectivity index (χ1v) is 7.24. The summed E-state index contributed by atoms with van der Waals surface area (Å²) in [5, 5.41) is 16.6. The van der Waals surface area contributed by atoms with Crippen LogP contribution < -0.4 is 5.32 Å². The Morgan fingerprint density at radius 2 is 2.28 bits per heavy atom. The van der Waals surface area contributed by atoms with Crippen molar-refractivity contribution in [3.05, 3.63) is 11.3 Å². The lowest BCUT2D eigenvalue weighted by Crippen LogP contribution is -2.20. The minimum atomic E-state index is -0.932. The third-order valence-electron chi connectivity index (χ3n) is 2.72. The SMILES string of the molecule is CCSCCC(C)Nc1c(C(=O)O)c(C)nn1C. The quantitative estimate of drug-likeness (QED) is 0.745. The Hall–Kier alpha value is -1.17. The Kier molecular flexibility index (Phi) is 5.53. The number of thioether (sulfide) groups is 1. The number of carboxylic acids is 1. The van der Waals surface area contributed by atoms with Gasteiger partial charge in [-0.1, -0.05) is 6.92 Å². The van der Waals surface area contributed by atoms with Gasteiger partial charge in [-0.25, -0.2) is 4.79 Å². The molecule has 0 bridgehead atoms. The van der Waals surface area contributed by atoms with E-state index in [4.69, 9.17) is 0 Å². The molecule has 0 aliphatic rings. The fraction of sp³-hybridized carbons (Fsp3) is 0.667. The average Bonchev–Trinajstić information content (AvgIpc) is 2.54. The number of nitrogens with one attached hydrogen (secondary N) is 1. The van der Waals surface area contributed by atoms with E-state index >= 15 is 0 Å². The Morgan fingerprint density at radius 1 is 1.61 bits per heavy atom. The van der Waals surface area contributed by atoms with Gasteiger partial charge in [0.25, 0.3) is 0 Å². The highest BCUT2D eigenvalue weighted by molar-refractivity contribution is 7.99. The second-order valence-electron chi connectivity index (χ2n) is 4.27. The summed E-state index contributed by atoms with van der Waals surface area (Å²) in [7, 11) is 1.76. The molecule has 0 aliphatic carbocycles. The van der Waals surface area contributed by atoms with Crippen LogP contribution in [0.3, 0.4) is 0 Å². The highest BCUT2D eigenvalue weighted by Crippen LogP contribution is 2.20. The van der Waals surface area contributed by atoms with E-state index in [1.807, 2.05) is 11.8 Å². The molecule has 1 unspecified atom stereocenters. The fourth-order valence-electron chi connectivity index (χ4n) is 1.79. The van der Waals surface area contributed by atoms with Crippen molar-refractivity contribution in [3.8, 4) is 0 Å². The molecule has 102 valence electrons. The molecule has 0 saturated heterocycles. The summed E-state index contributed by atoms with van der Waals surface area (Å²) in [6.07, 6.45) is 1.00. The van der Waals surface area contributed by atoms with Gasteiger partial charge in [-0.3, -0.25) is 4.68 Å². The summed E-state index contributed by atoms with van der Waals surface area (Å²) >= 11 is 1.89. The van der Waals surface area contributed by atoms with E-state index in [9.17, 15) is 9.90 Å². The number of hydrogen-bond acceptors (Lipinski definition) is 4. The molecule has 0 saturated carbocycles. The largest absolute Gasteiger partial charge is 0.477 e. The van der Waals surface area contributed by atoms with Gasteiger partial charge in [0.2, 0.25) is 0 Å². The van der Waals surface area contributed by atoms with Gasteiger partial charge in [0.05, 0.1) is 5.69 Å². The van der Waals surface area contributed by atoms with E-state index in [2.05, 4.69) is 24.3 Å². The molecule has 0 radical (unpaired) electrons. The highest BCUT2D eigenvalue weighted by atomic mass is 32.2. The number of hydrogen-bond donors (Lipinski definition) is 2. The smallest absolute Gasteiger partial charge is 0.341 e. The molecule has 0 spiro atoms. The third-order valence-corrected chi connectivity index (χ3v) is 3.65. The Labute approximate surface area is 112 Å². The van der Waals surface area contributed by atoms with Crippen molar-refractivity contribution in [2.24, 2.45) is 7.05 Å². The van der Waals surface area contributed by atoms with Crippen LogP contribution in [-0.4, -0.2) is 38.4 Å². The van der Waals surface area contributed by atoms with E-state index in [1.54, 1.807) is 18.7 Å². The lowest BCUT2D eigenvalue weighted by atomic mass is 10.2. The molecule has 6 heteroatoms. The van der Waals surface area contributed by atoms with Crippen molar-refractivity contribution < 1.29 is 9.90 Å². The first-order valence-electron chi connectivity index (χ1n) is 6.08.